The van der Waals surface area contributed by atoms with Gasteiger partial charge in [0, 0.05) is 0 Å². The van der Waals surface area contributed by atoms with Crippen molar-refractivity contribution in [1.82, 2.24) is 0 Å². The Hall–Kier alpha value is -2.08. The van der Waals surface area contributed by atoms with Crippen LogP contribution in [0.2, 0.25) is 0 Å². The predicted molar refractivity (Wildman–Crippen MR) is 86.1 cm³/mol. The molecule has 0 aromatic heterocycles. The fraction of sp³-hybridized carbons (Fsp3) is 0.158. The van der Waals surface area contributed by atoms with E-state index >= 15 is 0 Å². The Labute approximate surface area is 116 Å². The molecule has 19 heavy (non-hydrogen) atoms. The summed E-state index contributed by atoms with van der Waals surface area (Å²) >= 11 is 0. The van der Waals surface area contributed by atoms with Gasteiger partial charge < -0.3 is 0 Å². The van der Waals surface area contributed by atoms with Crippen molar-refractivity contribution in [2.75, 3.05) is 0 Å². The molecule has 0 atom stereocenters. The van der Waals surface area contributed by atoms with Crippen LogP contribution in [-0.2, 0) is 0 Å². The lowest BCUT2D eigenvalue weighted by Gasteiger charge is -2.07. The quantitative estimate of drug-likeness (QED) is 0.636. The summed E-state index contributed by atoms with van der Waals surface area (Å²) in [7, 11) is 0. The van der Waals surface area contributed by atoms with Crippen LogP contribution < -0.4 is 0 Å². The van der Waals surface area contributed by atoms with Gasteiger partial charge in [-0.25, -0.2) is 0 Å². The lowest BCUT2D eigenvalue weighted by atomic mass is 9.98. The minimum atomic E-state index is 1.17. The van der Waals surface area contributed by atoms with Gasteiger partial charge in [-0.15, -0.1) is 0 Å². The summed E-state index contributed by atoms with van der Waals surface area (Å²) in [5.41, 5.74) is 7.65. The van der Waals surface area contributed by atoms with Gasteiger partial charge in [-0.1, -0.05) is 66.8 Å². The molecule has 2 aromatic carbocycles. The Kier molecular flexibility index (Phi) is 4.01. The smallest absolute Gasteiger partial charge is 0.0184 e. The van der Waals surface area contributed by atoms with Gasteiger partial charge in [-0.2, -0.15) is 0 Å². The number of rotatable bonds is 3. The predicted octanol–water partition coefficient (Wildman–Crippen LogP) is 5.43. The molecule has 0 heterocycles. The van der Waals surface area contributed by atoms with E-state index in [0.717, 1.165) is 0 Å². The zero-order valence-electron chi connectivity index (χ0n) is 11.9. The molecule has 0 saturated carbocycles. The molecule has 0 nitrogen and oxygen atoms in total. The van der Waals surface area contributed by atoms with E-state index in [2.05, 4.69) is 69.8 Å². The summed E-state index contributed by atoms with van der Waals surface area (Å²) in [5, 5.41) is 0. The SMILES string of the molecule is C=Cc1ccccc1/C=C/c1c(C)cc(C)cc1C. The van der Waals surface area contributed by atoms with Gasteiger partial charge in [0.05, 0.1) is 0 Å². The van der Waals surface area contributed by atoms with Crippen molar-refractivity contribution in [3.8, 4) is 0 Å². The fourth-order valence-corrected chi connectivity index (χ4v) is 2.48. The molecule has 0 radical (unpaired) electrons. The molecule has 0 saturated heterocycles. The highest BCUT2D eigenvalue weighted by molar-refractivity contribution is 5.76. The zero-order valence-corrected chi connectivity index (χ0v) is 11.9. The first-order valence-corrected chi connectivity index (χ1v) is 6.59. The third kappa shape index (κ3) is 3.03. The van der Waals surface area contributed by atoms with E-state index in [9.17, 15) is 0 Å². The van der Waals surface area contributed by atoms with Crippen LogP contribution in [0, 0.1) is 20.8 Å². The standard InChI is InChI=1S/C19H20/c1-5-17-8-6-7-9-18(17)10-11-19-15(3)12-14(2)13-16(19)4/h5-13H,1H2,2-4H3/b11-10+. The van der Waals surface area contributed by atoms with Crippen LogP contribution in [-0.4, -0.2) is 0 Å². The molecule has 0 aliphatic carbocycles. The molecule has 0 aliphatic heterocycles. The second-order valence-corrected chi connectivity index (χ2v) is 4.98. The highest BCUT2D eigenvalue weighted by Gasteiger charge is 2.00. The van der Waals surface area contributed by atoms with Crippen molar-refractivity contribution in [2.24, 2.45) is 0 Å². The summed E-state index contributed by atoms with van der Waals surface area (Å²) in [6.45, 7) is 10.3. The third-order valence-electron chi connectivity index (χ3n) is 3.38. The van der Waals surface area contributed by atoms with E-state index in [1.54, 1.807) is 0 Å². The van der Waals surface area contributed by atoms with Gasteiger partial charge >= 0.3 is 0 Å². The molecule has 0 heteroatoms. The number of hydrogen-bond acceptors (Lipinski definition) is 0. The van der Waals surface area contributed by atoms with Crippen molar-refractivity contribution < 1.29 is 0 Å². The van der Waals surface area contributed by atoms with Crippen LogP contribution >= 0.6 is 0 Å². The molecule has 2 aromatic rings. The van der Waals surface area contributed by atoms with E-state index in [1.165, 1.54) is 33.4 Å². The lowest BCUT2D eigenvalue weighted by Crippen LogP contribution is -1.88. The highest BCUT2D eigenvalue weighted by atomic mass is 14.1. The van der Waals surface area contributed by atoms with Gasteiger partial charge in [-0.3, -0.25) is 0 Å². The van der Waals surface area contributed by atoms with Crippen molar-refractivity contribution in [2.45, 2.75) is 20.8 Å². The van der Waals surface area contributed by atoms with Gasteiger partial charge in [0.2, 0.25) is 0 Å². The van der Waals surface area contributed by atoms with E-state index in [-0.39, 0.29) is 0 Å². The topological polar surface area (TPSA) is 0 Å². The average molecular weight is 248 g/mol. The summed E-state index contributed by atoms with van der Waals surface area (Å²) in [6, 6.07) is 12.8. The minimum absolute atomic E-state index is 1.17. The molecule has 0 amide bonds. The van der Waals surface area contributed by atoms with Crippen molar-refractivity contribution >= 4 is 18.2 Å². The molecule has 96 valence electrons. The second kappa shape index (κ2) is 5.71. The van der Waals surface area contributed by atoms with Crippen LogP contribution in [0.25, 0.3) is 18.2 Å². The maximum atomic E-state index is 3.86. The summed E-state index contributed by atoms with van der Waals surface area (Å²) in [5.74, 6) is 0. The molecule has 0 spiro atoms. The normalized spacial score (nSPS) is 10.9. The van der Waals surface area contributed by atoms with Crippen molar-refractivity contribution in [1.29, 1.82) is 0 Å². The molecular weight excluding hydrogens is 228 g/mol. The Bertz CT molecular complexity index is 607. The van der Waals surface area contributed by atoms with Gasteiger partial charge in [-0.05, 0) is 48.6 Å². The summed E-state index contributed by atoms with van der Waals surface area (Å²) in [4.78, 5) is 0. The van der Waals surface area contributed by atoms with Crippen LogP contribution in [0.1, 0.15) is 33.4 Å². The molecule has 0 unspecified atom stereocenters. The molecular formula is C19H20. The van der Waals surface area contributed by atoms with E-state index < -0.39 is 0 Å². The van der Waals surface area contributed by atoms with E-state index in [1.807, 2.05) is 12.1 Å². The first-order chi connectivity index (χ1) is 9.11. The van der Waals surface area contributed by atoms with Crippen LogP contribution in [0.3, 0.4) is 0 Å². The van der Waals surface area contributed by atoms with E-state index in [4.69, 9.17) is 0 Å². The second-order valence-electron chi connectivity index (χ2n) is 4.98. The molecule has 0 bridgehead atoms. The van der Waals surface area contributed by atoms with Crippen LogP contribution in [0.15, 0.2) is 43.0 Å². The van der Waals surface area contributed by atoms with Gasteiger partial charge in [0.15, 0.2) is 0 Å². The zero-order chi connectivity index (χ0) is 13.8. The number of hydrogen-bond donors (Lipinski definition) is 0. The fourth-order valence-electron chi connectivity index (χ4n) is 2.48. The maximum Gasteiger partial charge on any atom is -0.0184 e. The Morgan fingerprint density at radius 3 is 2.00 bits per heavy atom. The summed E-state index contributed by atoms with van der Waals surface area (Å²) < 4.78 is 0. The highest BCUT2D eigenvalue weighted by Crippen LogP contribution is 2.20. The van der Waals surface area contributed by atoms with Crippen LogP contribution in [0.4, 0.5) is 0 Å². The number of aryl methyl sites for hydroxylation is 3. The average Bonchev–Trinajstić information content (AvgIpc) is 2.38. The largest absolute Gasteiger partial charge is 0.0984 e. The van der Waals surface area contributed by atoms with Gasteiger partial charge in [0.25, 0.3) is 0 Å². The van der Waals surface area contributed by atoms with Crippen molar-refractivity contribution in [3.63, 3.8) is 0 Å². The molecule has 0 aliphatic rings. The first-order valence-electron chi connectivity index (χ1n) is 6.59. The molecule has 2 rings (SSSR count). The first kappa shape index (κ1) is 13.4. The lowest BCUT2D eigenvalue weighted by molar-refractivity contribution is 1.30. The Morgan fingerprint density at radius 2 is 1.42 bits per heavy atom. The Morgan fingerprint density at radius 1 is 0.842 bits per heavy atom. The third-order valence-corrected chi connectivity index (χ3v) is 3.38. The monoisotopic (exact) mass is 248 g/mol. The number of benzene rings is 2. The minimum Gasteiger partial charge on any atom is -0.0984 e. The maximum absolute atomic E-state index is 3.86. The summed E-state index contributed by atoms with van der Waals surface area (Å²) in [6.07, 6.45) is 6.27. The molecule has 0 N–H and O–H groups in total. The van der Waals surface area contributed by atoms with E-state index in [0.29, 0.717) is 0 Å². The molecule has 0 fully saturated rings. The van der Waals surface area contributed by atoms with Crippen molar-refractivity contribution in [3.05, 3.63) is 76.4 Å². The van der Waals surface area contributed by atoms with Gasteiger partial charge in [0.1, 0.15) is 0 Å². The Balaban J connectivity index is 2.41. The van der Waals surface area contributed by atoms with Crippen LogP contribution in [0.5, 0.6) is 0 Å².